The quantitative estimate of drug-likeness (QED) is 0.682. The fourth-order valence-electron chi connectivity index (χ4n) is 2.83. The van der Waals surface area contributed by atoms with Crippen LogP contribution >= 0.6 is 0 Å². The van der Waals surface area contributed by atoms with E-state index in [1.807, 2.05) is 0 Å². The molecule has 1 aliphatic heterocycles. The zero-order valence-electron chi connectivity index (χ0n) is 15.1. The average molecular weight is 411 g/mol. The third kappa shape index (κ3) is 4.06. The number of nitrogens with one attached hydrogen (secondary N) is 1. The molecule has 0 bridgehead atoms. The summed E-state index contributed by atoms with van der Waals surface area (Å²) in [5, 5.41) is 15.6. The Morgan fingerprint density at radius 2 is 2.14 bits per heavy atom. The first kappa shape index (κ1) is 20.3. The van der Waals surface area contributed by atoms with Gasteiger partial charge in [0, 0.05) is 6.54 Å². The van der Waals surface area contributed by atoms with Crippen LogP contribution in [0, 0.1) is 0 Å². The molecule has 0 fully saturated rings. The largest absolute Gasteiger partial charge is 0.466 e. The number of amides is 1. The number of ether oxygens (including phenoxy) is 1. The number of methoxy groups -OCH3 is 1. The van der Waals surface area contributed by atoms with Crippen LogP contribution in [0.5, 0.6) is 0 Å². The highest BCUT2D eigenvalue weighted by atomic mass is 19.4. The lowest BCUT2D eigenvalue weighted by Crippen LogP contribution is -2.31. The number of hydrogen-bond acceptors (Lipinski definition) is 7. The fourth-order valence-corrected chi connectivity index (χ4v) is 2.83. The fraction of sp³-hybridized carbons (Fsp3) is 0.294. The molecule has 0 aliphatic carbocycles. The lowest BCUT2D eigenvalue weighted by Gasteiger charge is -2.17. The Morgan fingerprint density at radius 3 is 2.72 bits per heavy atom. The van der Waals surface area contributed by atoms with Crippen LogP contribution in [0.1, 0.15) is 5.56 Å². The van der Waals surface area contributed by atoms with Crippen molar-refractivity contribution < 1.29 is 32.6 Å². The second kappa shape index (κ2) is 7.91. The van der Waals surface area contributed by atoms with E-state index < -0.39 is 23.6 Å². The number of aromatic nitrogens is 3. The minimum atomic E-state index is -4.63. The number of anilines is 1. The SMILES string of the molecule is COC(=O)C1=C(Nc2cc(C(F)(F)F)ccc2-n2cncn2)C(=O)N(CCO)C1. The van der Waals surface area contributed by atoms with E-state index in [2.05, 4.69) is 20.1 Å². The zero-order valence-corrected chi connectivity index (χ0v) is 15.1. The number of benzene rings is 1. The molecule has 3 rings (SSSR count). The number of rotatable bonds is 6. The lowest BCUT2D eigenvalue weighted by atomic mass is 10.1. The van der Waals surface area contributed by atoms with Gasteiger partial charge in [-0.05, 0) is 18.2 Å². The molecule has 0 unspecified atom stereocenters. The summed E-state index contributed by atoms with van der Waals surface area (Å²) >= 11 is 0. The van der Waals surface area contributed by atoms with Crippen molar-refractivity contribution in [2.75, 3.05) is 32.1 Å². The zero-order chi connectivity index (χ0) is 21.2. The van der Waals surface area contributed by atoms with Crippen molar-refractivity contribution in [1.82, 2.24) is 19.7 Å². The van der Waals surface area contributed by atoms with Gasteiger partial charge in [0.1, 0.15) is 18.4 Å². The number of halogens is 3. The first-order valence-electron chi connectivity index (χ1n) is 8.31. The van der Waals surface area contributed by atoms with Crippen molar-refractivity contribution in [3.63, 3.8) is 0 Å². The molecule has 1 aromatic carbocycles. The second-order valence-electron chi connectivity index (χ2n) is 5.99. The predicted molar refractivity (Wildman–Crippen MR) is 92.7 cm³/mol. The Labute approximate surface area is 162 Å². The molecule has 29 heavy (non-hydrogen) atoms. The van der Waals surface area contributed by atoms with Crippen molar-refractivity contribution in [1.29, 1.82) is 0 Å². The molecule has 0 atom stereocenters. The van der Waals surface area contributed by atoms with Gasteiger partial charge in [0.25, 0.3) is 5.91 Å². The van der Waals surface area contributed by atoms with E-state index in [4.69, 9.17) is 5.11 Å². The van der Waals surface area contributed by atoms with Gasteiger partial charge in [-0.3, -0.25) is 4.79 Å². The number of β-amino-alcohol motifs (C(OH)–C–C–N with tert-alkyl or cyclic N) is 1. The van der Waals surface area contributed by atoms with E-state index in [9.17, 15) is 22.8 Å². The average Bonchev–Trinajstić information content (AvgIpc) is 3.31. The van der Waals surface area contributed by atoms with Crippen molar-refractivity contribution in [3.05, 3.63) is 47.7 Å². The smallest absolute Gasteiger partial charge is 0.416 e. The molecular formula is C17H16F3N5O4. The van der Waals surface area contributed by atoms with E-state index in [-0.39, 0.29) is 42.3 Å². The van der Waals surface area contributed by atoms with Crippen molar-refractivity contribution in [3.8, 4) is 5.69 Å². The normalized spacial score (nSPS) is 14.5. The minimum absolute atomic E-state index is 0.0525. The molecule has 12 heteroatoms. The molecule has 0 saturated heterocycles. The van der Waals surface area contributed by atoms with Gasteiger partial charge in [-0.2, -0.15) is 18.3 Å². The maximum Gasteiger partial charge on any atom is 0.416 e. The molecular weight excluding hydrogens is 395 g/mol. The van der Waals surface area contributed by atoms with Crippen LogP contribution < -0.4 is 5.32 Å². The topological polar surface area (TPSA) is 110 Å². The summed E-state index contributed by atoms with van der Waals surface area (Å²) in [5.74, 6) is -1.46. The lowest BCUT2D eigenvalue weighted by molar-refractivity contribution is -0.138. The summed E-state index contributed by atoms with van der Waals surface area (Å²) in [6.45, 7) is -0.545. The first-order chi connectivity index (χ1) is 13.8. The second-order valence-corrected chi connectivity index (χ2v) is 5.99. The van der Waals surface area contributed by atoms with Gasteiger partial charge in [0.2, 0.25) is 0 Å². The number of carbonyl (C=O) groups is 2. The Hall–Kier alpha value is -3.41. The van der Waals surface area contributed by atoms with E-state index >= 15 is 0 Å². The number of aliphatic hydroxyl groups is 1. The molecule has 2 heterocycles. The van der Waals surface area contributed by atoms with E-state index in [0.29, 0.717) is 0 Å². The van der Waals surface area contributed by atoms with Crippen LogP contribution in [0.3, 0.4) is 0 Å². The Bertz CT molecular complexity index is 956. The van der Waals surface area contributed by atoms with Gasteiger partial charge in [-0.1, -0.05) is 0 Å². The molecule has 154 valence electrons. The number of nitrogens with zero attached hydrogens (tertiary/aromatic N) is 4. The van der Waals surface area contributed by atoms with Crippen molar-refractivity contribution in [2.24, 2.45) is 0 Å². The summed E-state index contributed by atoms with van der Waals surface area (Å²) in [4.78, 5) is 29.7. The summed E-state index contributed by atoms with van der Waals surface area (Å²) in [7, 11) is 1.12. The monoisotopic (exact) mass is 411 g/mol. The van der Waals surface area contributed by atoms with E-state index in [1.165, 1.54) is 28.3 Å². The van der Waals surface area contributed by atoms with Crippen LogP contribution in [0.4, 0.5) is 18.9 Å². The number of carbonyl (C=O) groups excluding carboxylic acids is 2. The minimum Gasteiger partial charge on any atom is -0.466 e. The molecule has 0 spiro atoms. The van der Waals surface area contributed by atoms with Gasteiger partial charge in [0.15, 0.2) is 0 Å². The van der Waals surface area contributed by atoms with Crippen LogP contribution in [-0.4, -0.2) is 63.5 Å². The molecule has 9 nitrogen and oxygen atoms in total. The number of esters is 1. The molecule has 0 saturated carbocycles. The summed E-state index contributed by atoms with van der Waals surface area (Å²) in [6, 6.07) is 2.84. The predicted octanol–water partition coefficient (Wildman–Crippen LogP) is 0.960. The Kier molecular flexibility index (Phi) is 5.55. The third-order valence-electron chi connectivity index (χ3n) is 4.20. The molecule has 1 amide bonds. The molecule has 2 N–H and O–H groups in total. The van der Waals surface area contributed by atoms with Gasteiger partial charge < -0.3 is 20.1 Å². The standard InChI is InChI=1S/C17H16F3N5O4/c1-29-16(28)11-7-24(4-5-26)15(27)14(11)23-12-6-10(17(18,19)20)2-3-13(12)25-9-21-8-22-25/h2-3,6,8-9,23,26H,4-5,7H2,1H3. The van der Waals surface area contributed by atoms with E-state index in [1.54, 1.807) is 0 Å². The van der Waals surface area contributed by atoms with E-state index in [0.717, 1.165) is 19.2 Å². The van der Waals surface area contributed by atoms with Crippen LogP contribution in [0.25, 0.3) is 5.69 Å². The van der Waals surface area contributed by atoms with Crippen molar-refractivity contribution in [2.45, 2.75) is 6.18 Å². The number of aliphatic hydroxyl groups excluding tert-OH is 1. The highest BCUT2D eigenvalue weighted by Gasteiger charge is 2.36. The molecule has 1 aromatic heterocycles. The number of hydrogen-bond donors (Lipinski definition) is 2. The highest BCUT2D eigenvalue weighted by molar-refractivity contribution is 6.08. The van der Waals surface area contributed by atoms with Crippen LogP contribution in [0.15, 0.2) is 42.1 Å². The molecule has 1 aliphatic rings. The highest BCUT2D eigenvalue weighted by Crippen LogP contribution is 2.34. The van der Waals surface area contributed by atoms with Gasteiger partial charge in [-0.25, -0.2) is 14.5 Å². The maximum atomic E-state index is 13.2. The Morgan fingerprint density at radius 1 is 1.38 bits per heavy atom. The van der Waals surface area contributed by atoms with Crippen LogP contribution in [-0.2, 0) is 20.5 Å². The van der Waals surface area contributed by atoms with Gasteiger partial charge >= 0.3 is 12.1 Å². The van der Waals surface area contributed by atoms with Gasteiger partial charge in [-0.15, -0.1) is 0 Å². The summed E-state index contributed by atoms with van der Waals surface area (Å²) < 4.78 is 45.5. The summed E-state index contributed by atoms with van der Waals surface area (Å²) in [5.41, 5.74) is -1.18. The molecule has 2 aromatic rings. The van der Waals surface area contributed by atoms with Gasteiger partial charge in [0.05, 0.1) is 42.8 Å². The van der Waals surface area contributed by atoms with Crippen molar-refractivity contribution >= 4 is 17.6 Å². The van der Waals surface area contributed by atoms with Crippen LogP contribution in [0.2, 0.25) is 0 Å². The molecule has 0 radical (unpaired) electrons. The first-order valence-corrected chi connectivity index (χ1v) is 8.31. The maximum absolute atomic E-state index is 13.2. The number of alkyl halides is 3. The third-order valence-corrected chi connectivity index (χ3v) is 4.20. The summed E-state index contributed by atoms with van der Waals surface area (Å²) in [6.07, 6.45) is -2.15. The Balaban J connectivity index is 2.08.